The van der Waals surface area contributed by atoms with E-state index < -0.39 is 0 Å². The van der Waals surface area contributed by atoms with Gasteiger partial charge in [-0.3, -0.25) is 0 Å². The Bertz CT molecular complexity index is 597. The van der Waals surface area contributed by atoms with Crippen molar-refractivity contribution in [3.8, 4) is 0 Å². The lowest BCUT2D eigenvalue weighted by Crippen LogP contribution is -2.29. The first-order chi connectivity index (χ1) is 9.16. The molecule has 0 bridgehead atoms. The average Bonchev–Trinajstić information content (AvgIpc) is 2.56. The van der Waals surface area contributed by atoms with Crippen molar-refractivity contribution >= 4 is 32.9 Å². The first-order valence-corrected chi connectivity index (χ1v) is 7.54. The van der Waals surface area contributed by atoms with Crippen LogP contribution in [0.5, 0.6) is 0 Å². The molecule has 0 spiro atoms. The molecule has 0 saturated carbocycles. The van der Waals surface area contributed by atoms with E-state index >= 15 is 0 Å². The average molecular weight is 323 g/mol. The Morgan fingerprint density at radius 2 is 2.11 bits per heavy atom. The number of aromatic nitrogens is 2. The highest BCUT2D eigenvalue weighted by Gasteiger charge is 2.17. The molecule has 1 aromatic carbocycles. The number of imidazole rings is 1. The predicted octanol–water partition coefficient (Wildman–Crippen LogP) is 2.44. The Balaban J connectivity index is 2.08. The Hall–Kier alpha value is -1.07. The van der Waals surface area contributed by atoms with Gasteiger partial charge in [0, 0.05) is 31.2 Å². The number of hydrogen-bond acceptors (Lipinski definition) is 3. The summed E-state index contributed by atoms with van der Waals surface area (Å²) in [5.74, 6) is 1.07. The fourth-order valence-corrected chi connectivity index (χ4v) is 3.58. The minimum atomic E-state index is 1.02. The molecule has 1 saturated heterocycles. The minimum Gasteiger partial charge on any atom is -0.341 e. The van der Waals surface area contributed by atoms with E-state index in [1.807, 2.05) is 0 Å². The van der Waals surface area contributed by atoms with Gasteiger partial charge in [0.25, 0.3) is 0 Å². The van der Waals surface area contributed by atoms with Crippen LogP contribution in [-0.2, 0) is 7.05 Å². The van der Waals surface area contributed by atoms with Gasteiger partial charge in [-0.25, -0.2) is 4.98 Å². The molecular weight excluding hydrogens is 304 g/mol. The molecule has 2 aromatic rings. The van der Waals surface area contributed by atoms with Gasteiger partial charge < -0.3 is 14.8 Å². The molecule has 102 valence electrons. The quantitative estimate of drug-likeness (QED) is 0.875. The number of halogens is 1. The lowest BCUT2D eigenvalue weighted by Gasteiger charge is -2.20. The van der Waals surface area contributed by atoms with Crippen LogP contribution in [0.2, 0.25) is 0 Å². The number of nitrogens with zero attached hydrogens (tertiary/aromatic N) is 3. The fraction of sp³-hybridized carbons (Fsp3) is 0.500. The summed E-state index contributed by atoms with van der Waals surface area (Å²) >= 11 is 3.66. The van der Waals surface area contributed by atoms with E-state index in [4.69, 9.17) is 4.98 Å². The molecule has 1 aliphatic rings. The number of nitrogens with one attached hydrogen (secondary N) is 1. The second kappa shape index (κ2) is 5.13. The molecular formula is C14H19BrN4. The molecule has 0 radical (unpaired) electrons. The normalized spacial score (nSPS) is 16.9. The third kappa shape index (κ3) is 2.37. The van der Waals surface area contributed by atoms with Crippen LogP contribution in [0.1, 0.15) is 12.0 Å². The summed E-state index contributed by atoms with van der Waals surface area (Å²) in [5.41, 5.74) is 3.49. The molecule has 0 unspecified atom stereocenters. The molecule has 1 N–H and O–H groups in total. The smallest absolute Gasteiger partial charge is 0.206 e. The van der Waals surface area contributed by atoms with Crippen LogP contribution in [0.4, 0.5) is 5.95 Å². The van der Waals surface area contributed by atoms with Crippen molar-refractivity contribution in [2.75, 3.05) is 31.1 Å². The molecule has 19 heavy (non-hydrogen) atoms. The molecule has 0 aliphatic carbocycles. The first-order valence-electron chi connectivity index (χ1n) is 6.75. The van der Waals surface area contributed by atoms with Crippen molar-refractivity contribution in [3.63, 3.8) is 0 Å². The van der Waals surface area contributed by atoms with Gasteiger partial charge in [-0.1, -0.05) is 0 Å². The van der Waals surface area contributed by atoms with Gasteiger partial charge in [0.2, 0.25) is 5.95 Å². The highest BCUT2D eigenvalue weighted by molar-refractivity contribution is 9.10. The van der Waals surface area contributed by atoms with Crippen molar-refractivity contribution < 1.29 is 0 Å². The van der Waals surface area contributed by atoms with Crippen molar-refractivity contribution in [1.29, 1.82) is 0 Å². The number of fused-ring (bicyclic) bond motifs is 1. The van der Waals surface area contributed by atoms with Crippen LogP contribution >= 0.6 is 15.9 Å². The highest BCUT2D eigenvalue weighted by atomic mass is 79.9. The zero-order valence-electron chi connectivity index (χ0n) is 11.4. The Labute approximate surface area is 121 Å². The molecule has 0 atom stereocenters. The van der Waals surface area contributed by atoms with Crippen LogP contribution in [0, 0.1) is 6.92 Å². The standard InChI is InChI=1S/C14H19BrN4/c1-10-8-11(15)13-12(9-10)17-14(18(13)2)19-6-3-4-16-5-7-19/h8-9,16H,3-7H2,1-2H3. The summed E-state index contributed by atoms with van der Waals surface area (Å²) in [5, 5.41) is 3.43. The maximum Gasteiger partial charge on any atom is 0.206 e. The van der Waals surface area contributed by atoms with Crippen molar-refractivity contribution in [3.05, 3.63) is 22.2 Å². The number of hydrogen-bond donors (Lipinski definition) is 1. The van der Waals surface area contributed by atoms with Gasteiger partial charge >= 0.3 is 0 Å². The van der Waals surface area contributed by atoms with E-state index in [1.54, 1.807) is 0 Å². The summed E-state index contributed by atoms with van der Waals surface area (Å²) in [6.07, 6.45) is 1.17. The number of anilines is 1. The third-order valence-electron chi connectivity index (χ3n) is 3.67. The zero-order chi connectivity index (χ0) is 13.4. The van der Waals surface area contributed by atoms with Crippen LogP contribution in [0.3, 0.4) is 0 Å². The molecule has 3 rings (SSSR count). The van der Waals surface area contributed by atoms with E-state index in [-0.39, 0.29) is 0 Å². The molecule has 2 heterocycles. The summed E-state index contributed by atoms with van der Waals surface area (Å²) < 4.78 is 3.32. The second-order valence-electron chi connectivity index (χ2n) is 5.18. The minimum absolute atomic E-state index is 1.02. The van der Waals surface area contributed by atoms with Crippen molar-refractivity contribution in [2.24, 2.45) is 7.05 Å². The van der Waals surface area contributed by atoms with E-state index in [9.17, 15) is 0 Å². The number of benzene rings is 1. The first kappa shape index (κ1) is 12.9. The fourth-order valence-electron chi connectivity index (χ4n) is 2.74. The third-order valence-corrected chi connectivity index (χ3v) is 4.27. The van der Waals surface area contributed by atoms with E-state index in [0.29, 0.717) is 0 Å². The zero-order valence-corrected chi connectivity index (χ0v) is 13.0. The van der Waals surface area contributed by atoms with Gasteiger partial charge in [-0.2, -0.15) is 0 Å². The summed E-state index contributed by atoms with van der Waals surface area (Å²) in [4.78, 5) is 7.21. The lowest BCUT2D eigenvalue weighted by molar-refractivity contribution is 0.724. The van der Waals surface area contributed by atoms with E-state index in [2.05, 4.69) is 56.8 Å². The summed E-state index contributed by atoms with van der Waals surface area (Å²) in [6.45, 7) is 6.33. The predicted molar refractivity (Wildman–Crippen MR) is 82.9 cm³/mol. The van der Waals surface area contributed by atoms with Crippen LogP contribution in [0.15, 0.2) is 16.6 Å². The second-order valence-corrected chi connectivity index (χ2v) is 6.03. The van der Waals surface area contributed by atoms with Crippen LogP contribution in [-0.4, -0.2) is 35.7 Å². The number of rotatable bonds is 1. The highest BCUT2D eigenvalue weighted by Crippen LogP contribution is 2.29. The van der Waals surface area contributed by atoms with Gasteiger partial charge in [-0.05, 0) is 53.5 Å². The largest absolute Gasteiger partial charge is 0.341 e. The number of aryl methyl sites for hydroxylation is 2. The maximum atomic E-state index is 4.83. The Kier molecular flexibility index (Phi) is 3.50. The monoisotopic (exact) mass is 322 g/mol. The summed E-state index contributed by atoms with van der Waals surface area (Å²) in [7, 11) is 2.10. The van der Waals surface area contributed by atoms with Crippen LogP contribution in [0.25, 0.3) is 11.0 Å². The SMILES string of the molecule is Cc1cc(Br)c2c(c1)nc(N1CCCNCC1)n2C. The van der Waals surface area contributed by atoms with Crippen molar-refractivity contribution in [1.82, 2.24) is 14.9 Å². The molecule has 4 nitrogen and oxygen atoms in total. The summed E-state index contributed by atoms with van der Waals surface area (Å²) in [6, 6.07) is 4.30. The molecule has 1 aliphatic heterocycles. The van der Waals surface area contributed by atoms with Gasteiger partial charge in [-0.15, -0.1) is 0 Å². The molecule has 1 aromatic heterocycles. The van der Waals surface area contributed by atoms with Gasteiger partial charge in [0.15, 0.2) is 0 Å². The Morgan fingerprint density at radius 3 is 2.95 bits per heavy atom. The molecule has 5 heteroatoms. The lowest BCUT2D eigenvalue weighted by atomic mass is 10.2. The van der Waals surface area contributed by atoms with E-state index in [0.717, 1.165) is 42.1 Å². The van der Waals surface area contributed by atoms with Gasteiger partial charge in [0.1, 0.15) is 0 Å². The van der Waals surface area contributed by atoms with Crippen LogP contribution < -0.4 is 10.2 Å². The van der Waals surface area contributed by atoms with Gasteiger partial charge in [0.05, 0.1) is 11.0 Å². The van der Waals surface area contributed by atoms with Crippen molar-refractivity contribution in [2.45, 2.75) is 13.3 Å². The van der Waals surface area contributed by atoms with E-state index in [1.165, 1.54) is 17.5 Å². The Morgan fingerprint density at radius 1 is 1.26 bits per heavy atom. The molecule has 1 fully saturated rings. The maximum absolute atomic E-state index is 4.83. The topological polar surface area (TPSA) is 33.1 Å². The molecule has 0 amide bonds.